The van der Waals surface area contributed by atoms with Crippen molar-refractivity contribution < 1.29 is 14.6 Å². The van der Waals surface area contributed by atoms with Crippen LogP contribution in [0.15, 0.2) is 24.3 Å². The molecule has 2 N–H and O–H groups in total. The molecule has 0 aliphatic carbocycles. The first-order valence-electron chi connectivity index (χ1n) is 6.19. The molecule has 0 aromatic heterocycles. The van der Waals surface area contributed by atoms with Crippen molar-refractivity contribution in [1.29, 1.82) is 0 Å². The Hall–Kier alpha value is -1.75. The number of rotatable bonds is 1. The third-order valence-corrected chi connectivity index (χ3v) is 3.54. The molecule has 1 amide bonds. The topological polar surface area (TPSA) is 61.8 Å². The number of nitrogens with one attached hydrogen (secondary N) is 1. The van der Waals surface area contributed by atoms with Crippen molar-refractivity contribution >= 4 is 11.8 Å². The van der Waals surface area contributed by atoms with Gasteiger partial charge in [0, 0.05) is 12.6 Å². The molecule has 0 radical (unpaired) electrons. The predicted octanol–water partition coefficient (Wildman–Crippen LogP) is 1.47. The minimum absolute atomic E-state index is 0.156. The quantitative estimate of drug-likeness (QED) is 0.790. The summed E-state index contributed by atoms with van der Waals surface area (Å²) in [6.07, 6.45) is 1.58. The summed E-state index contributed by atoms with van der Waals surface area (Å²) < 4.78 is 5.54. The van der Waals surface area contributed by atoms with Crippen LogP contribution in [0, 0.1) is 0 Å². The van der Waals surface area contributed by atoms with E-state index in [1.165, 1.54) is 0 Å². The highest BCUT2D eigenvalue weighted by Crippen LogP contribution is 2.33. The van der Waals surface area contributed by atoms with Crippen molar-refractivity contribution in [2.75, 3.05) is 24.5 Å². The van der Waals surface area contributed by atoms with E-state index < -0.39 is 5.60 Å². The van der Waals surface area contributed by atoms with Crippen LogP contribution in [-0.2, 0) is 4.74 Å². The molecule has 3 rings (SSSR count). The first-order chi connectivity index (χ1) is 8.69. The fourth-order valence-corrected chi connectivity index (χ4v) is 2.65. The first kappa shape index (κ1) is 11.3. The molecule has 1 aromatic rings. The van der Waals surface area contributed by atoms with Crippen LogP contribution in [-0.4, -0.2) is 36.4 Å². The zero-order valence-corrected chi connectivity index (χ0v) is 10.1. The van der Waals surface area contributed by atoms with Crippen LogP contribution < -0.4 is 10.2 Å². The lowest BCUT2D eigenvalue weighted by Crippen LogP contribution is -2.48. The van der Waals surface area contributed by atoms with Crippen LogP contribution in [0.3, 0.4) is 0 Å². The lowest BCUT2D eigenvalue weighted by atomic mass is 9.94. The Morgan fingerprint density at radius 2 is 2.33 bits per heavy atom. The third-order valence-electron chi connectivity index (χ3n) is 3.54. The predicted molar refractivity (Wildman–Crippen MR) is 66.8 cm³/mol. The van der Waals surface area contributed by atoms with E-state index in [0.717, 1.165) is 19.4 Å². The Balaban J connectivity index is 1.84. The van der Waals surface area contributed by atoms with E-state index >= 15 is 0 Å². The number of ether oxygens (including phenoxy) is 1. The minimum Gasteiger partial charge on any atom is -0.508 e. The molecular weight excluding hydrogens is 232 g/mol. The lowest BCUT2D eigenvalue weighted by molar-refractivity contribution is 0.0366. The maximum Gasteiger partial charge on any atom is 0.415 e. The van der Waals surface area contributed by atoms with Gasteiger partial charge in [0.25, 0.3) is 0 Å². The Bertz CT molecular complexity index is 469. The minimum atomic E-state index is -0.402. The molecule has 2 saturated heterocycles. The van der Waals surface area contributed by atoms with E-state index in [1.54, 1.807) is 29.2 Å². The molecular formula is C13H16N2O3. The summed E-state index contributed by atoms with van der Waals surface area (Å²) in [7, 11) is 0. The van der Waals surface area contributed by atoms with Crippen LogP contribution in [0.5, 0.6) is 5.75 Å². The Kier molecular flexibility index (Phi) is 2.63. The second kappa shape index (κ2) is 4.17. The number of aromatic hydroxyl groups is 1. The van der Waals surface area contributed by atoms with Gasteiger partial charge in [-0.25, -0.2) is 4.79 Å². The fraction of sp³-hybridized carbons (Fsp3) is 0.462. The van der Waals surface area contributed by atoms with E-state index in [2.05, 4.69) is 5.32 Å². The van der Waals surface area contributed by atoms with Crippen molar-refractivity contribution in [1.82, 2.24) is 5.32 Å². The monoisotopic (exact) mass is 248 g/mol. The number of anilines is 1. The number of carbonyl (C=O) groups excluding carboxylic acids is 1. The maximum atomic E-state index is 12.0. The van der Waals surface area contributed by atoms with Crippen LogP contribution in [0.4, 0.5) is 10.5 Å². The molecule has 1 unspecified atom stereocenters. The van der Waals surface area contributed by atoms with Crippen LogP contribution in [0.1, 0.15) is 12.8 Å². The van der Waals surface area contributed by atoms with Gasteiger partial charge in [0.2, 0.25) is 0 Å². The second-order valence-corrected chi connectivity index (χ2v) is 4.94. The van der Waals surface area contributed by atoms with Crippen LogP contribution in [0.25, 0.3) is 0 Å². The van der Waals surface area contributed by atoms with Gasteiger partial charge < -0.3 is 15.2 Å². The number of hydrogen-bond acceptors (Lipinski definition) is 4. The molecule has 0 saturated carbocycles. The molecule has 5 nitrogen and oxygen atoms in total. The number of phenols is 1. The summed E-state index contributed by atoms with van der Waals surface area (Å²) in [5.41, 5.74) is 0.281. The van der Waals surface area contributed by atoms with Gasteiger partial charge in [0.1, 0.15) is 11.4 Å². The summed E-state index contributed by atoms with van der Waals surface area (Å²) in [6, 6.07) is 6.69. The van der Waals surface area contributed by atoms with Gasteiger partial charge in [-0.05, 0) is 31.5 Å². The maximum absolute atomic E-state index is 12.0. The zero-order valence-electron chi connectivity index (χ0n) is 10.1. The van der Waals surface area contributed by atoms with Crippen molar-refractivity contribution in [3.63, 3.8) is 0 Å². The van der Waals surface area contributed by atoms with Crippen LogP contribution in [0.2, 0.25) is 0 Å². The van der Waals surface area contributed by atoms with Gasteiger partial charge in [-0.15, -0.1) is 0 Å². The van der Waals surface area contributed by atoms with E-state index in [4.69, 9.17) is 4.74 Å². The smallest absolute Gasteiger partial charge is 0.415 e. The molecule has 2 aliphatic rings. The van der Waals surface area contributed by atoms with Crippen molar-refractivity contribution in [2.45, 2.75) is 18.4 Å². The van der Waals surface area contributed by atoms with Crippen molar-refractivity contribution in [2.24, 2.45) is 0 Å². The molecule has 1 aromatic carbocycles. The summed E-state index contributed by atoms with van der Waals surface area (Å²) in [6.45, 7) is 2.22. The summed E-state index contributed by atoms with van der Waals surface area (Å²) >= 11 is 0. The van der Waals surface area contributed by atoms with E-state index in [1.807, 2.05) is 0 Å². The van der Waals surface area contributed by atoms with Gasteiger partial charge in [0.15, 0.2) is 0 Å². The average molecular weight is 248 g/mol. The number of phenolic OH excluding ortho intramolecular Hbond substituents is 1. The molecule has 18 heavy (non-hydrogen) atoms. The van der Waals surface area contributed by atoms with Gasteiger partial charge in [0.05, 0.1) is 12.2 Å². The third kappa shape index (κ3) is 1.90. The van der Waals surface area contributed by atoms with Gasteiger partial charge in [-0.3, -0.25) is 4.90 Å². The number of carbonyl (C=O) groups is 1. The molecule has 2 heterocycles. The Labute approximate surface area is 105 Å². The summed E-state index contributed by atoms with van der Waals surface area (Å²) in [4.78, 5) is 13.5. The van der Waals surface area contributed by atoms with Gasteiger partial charge >= 0.3 is 6.09 Å². The fourth-order valence-electron chi connectivity index (χ4n) is 2.65. The van der Waals surface area contributed by atoms with Crippen LogP contribution >= 0.6 is 0 Å². The summed E-state index contributed by atoms with van der Waals surface area (Å²) in [5, 5.41) is 12.7. The Morgan fingerprint density at radius 3 is 3.06 bits per heavy atom. The second-order valence-electron chi connectivity index (χ2n) is 4.94. The molecule has 2 fully saturated rings. The highest BCUT2D eigenvalue weighted by molar-refractivity contribution is 5.90. The SMILES string of the molecule is O=C1OC2(CCCNC2)CN1c1cccc(O)c1. The number of benzene rings is 1. The molecule has 96 valence electrons. The average Bonchev–Trinajstić information content (AvgIpc) is 2.67. The molecule has 1 atom stereocenters. The largest absolute Gasteiger partial charge is 0.508 e. The number of piperidine rings is 1. The van der Waals surface area contributed by atoms with Gasteiger partial charge in [-0.1, -0.05) is 6.07 Å². The Morgan fingerprint density at radius 1 is 1.44 bits per heavy atom. The number of nitrogens with zero attached hydrogens (tertiary/aromatic N) is 1. The first-order valence-corrected chi connectivity index (χ1v) is 6.19. The molecule has 1 spiro atoms. The normalized spacial score (nSPS) is 27.6. The van der Waals surface area contributed by atoms with Crippen molar-refractivity contribution in [3.05, 3.63) is 24.3 Å². The summed E-state index contributed by atoms with van der Waals surface area (Å²) in [5.74, 6) is 0.156. The highest BCUT2D eigenvalue weighted by Gasteiger charge is 2.46. The van der Waals surface area contributed by atoms with Gasteiger partial charge in [-0.2, -0.15) is 0 Å². The molecule has 0 bridgehead atoms. The number of hydrogen-bond donors (Lipinski definition) is 2. The molecule has 2 aliphatic heterocycles. The zero-order chi connectivity index (χ0) is 12.6. The van der Waals surface area contributed by atoms with E-state index in [9.17, 15) is 9.90 Å². The standard InChI is InChI=1S/C13H16N2O3/c16-11-4-1-3-10(7-11)15-9-13(18-12(15)17)5-2-6-14-8-13/h1,3-4,7,14,16H,2,5-6,8-9H2. The lowest BCUT2D eigenvalue weighted by Gasteiger charge is -2.31. The number of amides is 1. The van der Waals surface area contributed by atoms with E-state index in [0.29, 0.717) is 18.8 Å². The van der Waals surface area contributed by atoms with Crippen molar-refractivity contribution in [3.8, 4) is 5.75 Å². The molecule has 5 heteroatoms. The van der Waals surface area contributed by atoms with E-state index in [-0.39, 0.29) is 11.8 Å². The highest BCUT2D eigenvalue weighted by atomic mass is 16.6.